The van der Waals surface area contributed by atoms with E-state index >= 15 is 0 Å². The Labute approximate surface area is 102 Å². The van der Waals surface area contributed by atoms with Gasteiger partial charge in [-0.3, -0.25) is 0 Å². The molecule has 0 radical (unpaired) electrons. The molecule has 1 saturated heterocycles. The third-order valence-electron chi connectivity index (χ3n) is 2.88. The lowest BCUT2D eigenvalue weighted by molar-refractivity contribution is 0.0314. The van der Waals surface area contributed by atoms with Crippen molar-refractivity contribution in [3.63, 3.8) is 0 Å². The SMILES string of the molecule is CCOc1cc(NCC2(C)CCCO2)ncn1. The molecule has 0 spiro atoms. The molecule has 0 saturated carbocycles. The van der Waals surface area contributed by atoms with Gasteiger partial charge in [0.15, 0.2) is 0 Å². The molecule has 1 atom stereocenters. The highest BCUT2D eigenvalue weighted by atomic mass is 16.5. The Bertz CT molecular complexity index is 365. The molecule has 2 rings (SSSR count). The number of aromatic nitrogens is 2. The van der Waals surface area contributed by atoms with Gasteiger partial charge in [-0.05, 0) is 26.7 Å². The number of nitrogens with one attached hydrogen (secondary N) is 1. The molecule has 17 heavy (non-hydrogen) atoms. The second kappa shape index (κ2) is 5.31. The minimum absolute atomic E-state index is 0.0727. The molecule has 2 heterocycles. The van der Waals surface area contributed by atoms with E-state index in [0.717, 1.165) is 31.8 Å². The zero-order chi connectivity index (χ0) is 12.1. The van der Waals surface area contributed by atoms with Gasteiger partial charge in [-0.2, -0.15) is 0 Å². The molecule has 0 aromatic carbocycles. The minimum atomic E-state index is -0.0727. The van der Waals surface area contributed by atoms with E-state index in [4.69, 9.17) is 9.47 Å². The van der Waals surface area contributed by atoms with Crippen LogP contribution in [0.4, 0.5) is 5.82 Å². The largest absolute Gasteiger partial charge is 0.478 e. The van der Waals surface area contributed by atoms with Crippen LogP contribution < -0.4 is 10.1 Å². The number of ether oxygens (including phenoxy) is 2. The molecule has 1 aromatic rings. The maximum Gasteiger partial charge on any atom is 0.218 e. The summed E-state index contributed by atoms with van der Waals surface area (Å²) < 4.78 is 11.0. The second-order valence-electron chi connectivity index (χ2n) is 4.43. The van der Waals surface area contributed by atoms with Crippen LogP contribution in [0.25, 0.3) is 0 Å². The Hall–Kier alpha value is -1.36. The van der Waals surface area contributed by atoms with Gasteiger partial charge in [0.2, 0.25) is 5.88 Å². The van der Waals surface area contributed by atoms with Crippen LogP contribution in [0.15, 0.2) is 12.4 Å². The third-order valence-corrected chi connectivity index (χ3v) is 2.88. The van der Waals surface area contributed by atoms with Crippen molar-refractivity contribution in [2.24, 2.45) is 0 Å². The first-order valence-electron chi connectivity index (χ1n) is 6.04. The highest BCUT2D eigenvalue weighted by Gasteiger charge is 2.29. The van der Waals surface area contributed by atoms with Crippen molar-refractivity contribution < 1.29 is 9.47 Å². The van der Waals surface area contributed by atoms with Crippen molar-refractivity contribution in [2.75, 3.05) is 25.1 Å². The van der Waals surface area contributed by atoms with Crippen LogP contribution in [0.2, 0.25) is 0 Å². The zero-order valence-corrected chi connectivity index (χ0v) is 10.4. The van der Waals surface area contributed by atoms with Crippen molar-refractivity contribution >= 4 is 5.82 Å². The van der Waals surface area contributed by atoms with Gasteiger partial charge in [-0.25, -0.2) is 9.97 Å². The summed E-state index contributed by atoms with van der Waals surface area (Å²) >= 11 is 0. The summed E-state index contributed by atoms with van der Waals surface area (Å²) in [4.78, 5) is 8.18. The van der Waals surface area contributed by atoms with E-state index in [1.165, 1.54) is 6.33 Å². The number of rotatable bonds is 5. The highest BCUT2D eigenvalue weighted by molar-refractivity contribution is 5.37. The average Bonchev–Trinajstić information content (AvgIpc) is 2.76. The first-order valence-corrected chi connectivity index (χ1v) is 6.04. The first kappa shape index (κ1) is 12.1. The van der Waals surface area contributed by atoms with E-state index in [-0.39, 0.29) is 5.60 Å². The maximum atomic E-state index is 5.70. The molecule has 1 aliphatic heterocycles. The van der Waals surface area contributed by atoms with Crippen molar-refractivity contribution in [1.82, 2.24) is 9.97 Å². The van der Waals surface area contributed by atoms with Crippen molar-refractivity contribution in [3.8, 4) is 5.88 Å². The Kier molecular flexibility index (Phi) is 3.78. The minimum Gasteiger partial charge on any atom is -0.478 e. The summed E-state index contributed by atoms with van der Waals surface area (Å²) in [5.41, 5.74) is -0.0727. The van der Waals surface area contributed by atoms with Gasteiger partial charge in [-0.1, -0.05) is 0 Å². The molecule has 0 amide bonds. The van der Waals surface area contributed by atoms with E-state index < -0.39 is 0 Å². The van der Waals surface area contributed by atoms with Gasteiger partial charge in [0.1, 0.15) is 12.1 Å². The van der Waals surface area contributed by atoms with E-state index in [9.17, 15) is 0 Å². The molecule has 5 heteroatoms. The molecule has 1 unspecified atom stereocenters. The summed E-state index contributed by atoms with van der Waals surface area (Å²) in [6.45, 7) is 6.28. The Morgan fingerprint density at radius 1 is 1.53 bits per heavy atom. The van der Waals surface area contributed by atoms with Crippen LogP contribution in [0, 0.1) is 0 Å². The van der Waals surface area contributed by atoms with Crippen LogP contribution >= 0.6 is 0 Å². The Balaban J connectivity index is 1.91. The van der Waals surface area contributed by atoms with Gasteiger partial charge < -0.3 is 14.8 Å². The average molecular weight is 237 g/mol. The first-order chi connectivity index (χ1) is 8.22. The summed E-state index contributed by atoms with van der Waals surface area (Å²) in [5, 5.41) is 3.27. The van der Waals surface area contributed by atoms with E-state index in [1.54, 1.807) is 0 Å². The number of nitrogens with zero attached hydrogens (tertiary/aromatic N) is 2. The molecule has 1 aliphatic rings. The van der Waals surface area contributed by atoms with Crippen LogP contribution in [0.5, 0.6) is 5.88 Å². The fraction of sp³-hybridized carbons (Fsp3) is 0.667. The topological polar surface area (TPSA) is 56.3 Å². The summed E-state index contributed by atoms with van der Waals surface area (Å²) in [5.74, 6) is 1.38. The van der Waals surface area contributed by atoms with Gasteiger partial charge >= 0.3 is 0 Å². The lowest BCUT2D eigenvalue weighted by Gasteiger charge is -2.23. The smallest absolute Gasteiger partial charge is 0.218 e. The van der Waals surface area contributed by atoms with Gasteiger partial charge in [0.05, 0.1) is 12.2 Å². The molecular weight excluding hydrogens is 218 g/mol. The summed E-state index contributed by atoms with van der Waals surface area (Å²) in [6.07, 6.45) is 3.72. The molecule has 94 valence electrons. The van der Waals surface area contributed by atoms with Crippen molar-refractivity contribution in [2.45, 2.75) is 32.3 Å². The molecule has 5 nitrogen and oxygen atoms in total. The lowest BCUT2D eigenvalue weighted by Crippen LogP contribution is -2.32. The van der Waals surface area contributed by atoms with Crippen LogP contribution in [-0.2, 0) is 4.74 Å². The van der Waals surface area contributed by atoms with Gasteiger partial charge in [-0.15, -0.1) is 0 Å². The van der Waals surface area contributed by atoms with Crippen molar-refractivity contribution in [3.05, 3.63) is 12.4 Å². The van der Waals surface area contributed by atoms with E-state index in [0.29, 0.717) is 12.5 Å². The number of hydrogen-bond acceptors (Lipinski definition) is 5. The molecule has 1 N–H and O–H groups in total. The summed E-state index contributed by atoms with van der Waals surface area (Å²) in [6, 6.07) is 1.81. The number of anilines is 1. The molecular formula is C12H19N3O2. The Morgan fingerprint density at radius 3 is 3.12 bits per heavy atom. The molecule has 1 aromatic heterocycles. The normalized spacial score (nSPS) is 23.6. The fourth-order valence-corrected chi connectivity index (χ4v) is 1.92. The molecule has 0 aliphatic carbocycles. The third kappa shape index (κ3) is 3.30. The van der Waals surface area contributed by atoms with Crippen molar-refractivity contribution in [1.29, 1.82) is 0 Å². The van der Waals surface area contributed by atoms with E-state index in [2.05, 4.69) is 22.2 Å². The molecule has 1 fully saturated rings. The van der Waals surface area contributed by atoms with E-state index in [1.807, 2.05) is 13.0 Å². The van der Waals surface area contributed by atoms with Gasteiger partial charge in [0, 0.05) is 19.2 Å². The summed E-state index contributed by atoms with van der Waals surface area (Å²) in [7, 11) is 0. The van der Waals surface area contributed by atoms with Crippen LogP contribution in [0.3, 0.4) is 0 Å². The zero-order valence-electron chi connectivity index (χ0n) is 10.4. The maximum absolute atomic E-state index is 5.70. The second-order valence-corrected chi connectivity index (χ2v) is 4.43. The quantitative estimate of drug-likeness (QED) is 0.847. The standard InChI is InChI=1S/C12H19N3O2/c1-3-16-11-7-10(14-9-15-11)13-8-12(2)5-4-6-17-12/h7,9H,3-6,8H2,1-2H3,(H,13,14,15). The molecule has 0 bridgehead atoms. The predicted molar refractivity (Wildman–Crippen MR) is 65.3 cm³/mol. The lowest BCUT2D eigenvalue weighted by atomic mass is 10.0. The van der Waals surface area contributed by atoms with Gasteiger partial charge in [0.25, 0.3) is 0 Å². The van der Waals surface area contributed by atoms with Crippen LogP contribution in [0.1, 0.15) is 26.7 Å². The fourth-order valence-electron chi connectivity index (χ4n) is 1.92. The monoisotopic (exact) mass is 237 g/mol. The number of hydrogen-bond donors (Lipinski definition) is 1. The highest BCUT2D eigenvalue weighted by Crippen LogP contribution is 2.25. The van der Waals surface area contributed by atoms with Crippen LogP contribution in [-0.4, -0.2) is 35.3 Å². The Morgan fingerprint density at radius 2 is 2.41 bits per heavy atom. The predicted octanol–water partition coefficient (Wildman–Crippen LogP) is 1.86.